The zero-order valence-corrected chi connectivity index (χ0v) is 12.5. The molecule has 0 saturated carbocycles. The molecule has 0 aliphatic heterocycles. The van der Waals surface area contributed by atoms with E-state index in [2.05, 4.69) is 34.1 Å². The predicted octanol–water partition coefficient (Wildman–Crippen LogP) is 1.72. The van der Waals surface area contributed by atoms with Crippen LogP contribution >= 0.6 is 0 Å². The Hall–Kier alpha value is -2.37. The van der Waals surface area contributed by atoms with E-state index in [0.717, 1.165) is 24.3 Å². The highest BCUT2D eigenvalue weighted by Gasteiger charge is 1.99. The van der Waals surface area contributed by atoms with Crippen LogP contribution in [0.4, 0.5) is 0 Å². The highest BCUT2D eigenvalue weighted by Crippen LogP contribution is 2.06. The second-order valence-electron chi connectivity index (χ2n) is 5.31. The van der Waals surface area contributed by atoms with Crippen LogP contribution in [0.1, 0.15) is 25.8 Å². The lowest BCUT2D eigenvalue weighted by Gasteiger charge is -2.07. The molecule has 0 aliphatic rings. The van der Waals surface area contributed by atoms with Crippen LogP contribution in [0, 0.1) is 5.92 Å². The number of aromatic nitrogens is 3. The average Bonchev–Trinajstić information content (AvgIpc) is 2.99. The molecule has 0 spiro atoms. The van der Waals surface area contributed by atoms with Crippen LogP contribution in [0.3, 0.4) is 0 Å². The molecule has 3 N–H and O–H groups in total. The first-order valence-corrected chi connectivity index (χ1v) is 7.12. The summed E-state index contributed by atoms with van der Waals surface area (Å²) in [6.07, 6.45) is 8.19. The van der Waals surface area contributed by atoms with Crippen molar-refractivity contribution in [3.63, 3.8) is 0 Å². The fourth-order valence-corrected chi connectivity index (χ4v) is 1.78. The summed E-state index contributed by atoms with van der Waals surface area (Å²) in [6.45, 7) is 5.74. The number of pyridine rings is 1. The summed E-state index contributed by atoms with van der Waals surface area (Å²) in [7, 11) is 0. The summed E-state index contributed by atoms with van der Waals surface area (Å²) >= 11 is 0. The third-order valence-corrected chi connectivity index (χ3v) is 3.04. The van der Waals surface area contributed by atoms with Crippen molar-refractivity contribution in [3.05, 3.63) is 42.6 Å². The number of rotatable bonds is 6. The van der Waals surface area contributed by atoms with Crippen molar-refractivity contribution in [2.45, 2.75) is 26.8 Å². The minimum absolute atomic E-state index is 0.481. The Kier molecular flexibility index (Phi) is 5.31. The summed E-state index contributed by atoms with van der Waals surface area (Å²) in [5.74, 6) is 1.97. The highest BCUT2D eigenvalue weighted by atomic mass is 15.1. The summed E-state index contributed by atoms with van der Waals surface area (Å²) in [6, 6.07) is 3.93. The number of hydrogen-bond acceptors (Lipinski definition) is 3. The fraction of sp³-hybridized carbons (Fsp3) is 0.400. The topological polar surface area (TPSA) is 81.1 Å². The number of nitrogens with zero attached hydrogens (tertiary/aromatic N) is 4. The van der Waals surface area contributed by atoms with Gasteiger partial charge in [0.25, 0.3) is 0 Å². The average molecular weight is 286 g/mol. The van der Waals surface area contributed by atoms with Gasteiger partial charge in [-0.1, -0.05) is 19.9 Å². The van der Waals surface area contributed by atoms with Gasteiger partial charge in [-0.2, -0.15) is 0 Å². The van der Waals surface area contributed by atoms with Gasteiger partial charge in [0.15, 0.2) is 5.96 Å². The molecule has 112 valence electrons. The summed E-state index contributed by atoms with van der Waals surface area (Å²) in [5.41, 5.74) is 6.84. The van der Waals surface area contributed by atoms with Gasteiger partial charge < -0.3 is 11.1 Å². The summed E-state index contributed by atoms with van der Waals surface area (Å²) in [4.78, 5) is 12.7. The van der Waals surface area contributed by atoms with Gasteiger partial charge in [-0.15, -0.1) is 0 Å². The quantitative estimate of drug-likeness (QED) is 0.626. The van der Waals surface area contributed by atoms with Gasteiger partial charge >= 0.3 is 0 Å². The number of guanidine groups is 1. The lowest BCUT2D eigenvalue weighted by molar-refractivity contribution is 0.576. The van der Waals surface area contributed by atoms with Crippen molar-refractivity contribution in [2.24, 2.45) is 16.6 Å². The van der Waals surface area contributed by atoms with Crippen molar-refractivity contribution in [2.75, 3.05) is 6.54 Å². The summed E-state index contributed by atoms with van der Waals surface area (Å²) < 4.78 is 1.86. The van der Waals surface area contributed by atoms with Gasteiger partial charge in [-0.05, 0) is 24.0 Å². The van der Waals surface area contributed by atoms with Crippen molar-refractivity contribution in [1.29, 1.82) is 0 Å². The van der Waals surface area contributed by atoms with Crippen molar-refractivity contribution in [1.82, 2.24) is 19.9 Å². The molecular formula is C15H22N6. The molecule has 2 rings (SSSR count). The van der Waals surface area contributed by atoms with E-state index in [9.17, 15) is 0 Å². The number of nitrogens with two attached hydrogens (primary N) is 1. The molecule has 2 heterocycles. The molecule has 2 aromatic heterocycles. The van der Waals surface area contributed by atoms with Crippen LogP contribution in [-0.2, 0) is 6.54 Å². The number of imidazole rings is 1. The van der Waals surface area contributed by atoms with Crippen LogP contribution in [0.15, 0.2) is 42.0 Å². The van der Waals surface area contributed by atoms with E-state index in [1.54, 1.807) is 18.7 Å². The van der Waals surface area contributed by atoms with Crippen molar-refractivity contribution < 1.29 is 0 Å². The number of hydrogen-bond donors (Lipinski definition) is 2. The van der Waals surface area contributed by atoms with Crippen molar-refractivity contribution in [3.8, 4) is 5.82 Å². The Balaban J connectivity index is 1.85. The van der Waals surface area contributed by atoms with Crippen LogP contribution in [0.5, 0.6) is 0 Å². The largest absolute Gasteiger partial charge is 0.370 e. The number of aliphatic imine (C=N–C) groups is 1. The van der Waals surface area contributed by atoms with Gasteiger partial charge in [0, 0.05) is 25.1 Å². The smallest absolute Gasteiger partial charge is 0.188 e. The first kappa shape index (κ1) is 15.0. The monoisotopic (exact) mass is 286 g/mol. The normalized spacial score (nSPS) is 11.9. The fourth-order valence-electron chi connectivity index (χ4n) is 1.78. The minimum atomic E-state index is 0.481. The van der Waals surface area contributed by atoms with E-state index in [1.165, 1.54) is 0 Å². The first-order valence-electron chi connectivity index (χ1n) is 7.12. The van der Waals surface area contributed by atoms with E-state index >= 15 is 0 Å². The third-order valence-electron chi connectivity index (χ3n) is 3.04. The molecule has 0 aliphatic carbocycles. The first-order chi connectivity index (χ1) is 10.1. The molecular weight excluding hydrogens is 264 g/mol. The zero-order valence-electron chi connectivity index (χ0n) is 12.5. The van der Waals surface area contributed by atoms with Gasteiger partial charge in [0.1, 0.15) is 12.1 Å². The molecule has 0 bridgehead atoms. The van der Waals surface area contributed by atoms with Crippen LogP contribution in [-0.4, -0.2) is 27.0 Å². The Labute approximate surface area is 125 Å². The maximum Gasteiger partial charge on any atom is 0.188 e. The van der Waals surface area contributed by atoms with Crippen molar-refractivity contribution >= 4 is 5.96 Å². The molecule has 0 atom stereocenters. The molecule has 2 aromatic rings. The molecule has 0 radical (unpaired) electrons. The SMILES string of the molecule is CC(C)CCNC(N)=NCc1ccc(-n2ccnc2)nc1. The molecule has 0 fully saturated rings. The molecule has 21 heavy (non-hydrogen) atoms. The maximum atomic E-state index is 5.82. The Morgan fingerprint density at radius 3 is 2.90 bits per heavy atom. The second kappa shape index (κ2) is 7.42. The van der Waals surface area contributed by atoms with E-state index in [4.69, 9.17) is 5.73 Å². The predicted molar refractivity (Wildman–Crippen MR) is 84.1 cm³/mol. The number of nitrogens with one attached hydrogen (secondary N) is 1. The van der Waals surface area contributed by atoms with Gasteiger partial charge in [0.2, 0.25) is 0 Å². The Bertz CT molecular complexity index is 556. The lowest BCUT2D eigenvalue weighted by Crippen LogP contribution is -2.32. The standard InChI is InChI=1S/C15H22N6/c1-12(2)5-6-18-15(16)20-10-13-3-4-14(19-9-13)21-8-7-17-11-21/h3-4,7-9,11-12H,5-6,10H2,1-2H3,(H3,16,18,20). The molecule has 0 aromatic carbocycles. The third kappa shape index (κ3) is 4.91. The zero-order chi connectivity index (χ0) is 15.1. The second-order valence-corrected chi connectivity index (χ2v) is 5.31. The van der Waals surface area contributed by atoms with E-state index < -0.39 is 0 Å². The molecule has 6 nitrogen and oxygen atoms in total. The lowest BCUT2D eigenvalue weighted by atomic mass is 10.1. The maximum absolute atomic E-state index is 5.82. The van der Waals surface area contributed by atoms with Gasteiger partial charge in [-0.3, -0.25) is 4.57 Å². The van der Waals surface area contributed by atoms with Gasteiger partial charge in [0.05, 0.1) is 6.54 Å². The van der Waals surface area contributed by atoms with E-state index in [-0.39, 0.29) is 0 Å². The summed E-state index contributed by atoms with van der Waals surface area (Å²) in [5, 5.41) is 3.11. The van der Waals surface area contributed by atoms with Crippen LogP contribution in [0.2, 0.25) is 0 Å². The Morgan fingerprint density at radius 1 is 1.43 bits per heavy atom. The van der Waals surface area contributed by atoms with Crippen LogP contribution < -0.4 is 11.1 Å². The highest BCUT2D eigenvalue weighted by molar-refractivity contribution is 5.77. The van der Waals surface area contributed by atoms with Gasteiger partial charge in [-0.25, -0.2) is 15.0 Å². The Morgan fingerprint density at radius 2 is 2.29 bits per heavy atom. The minimum Gasteiger partial charge on any atom is -0.370 e. The molecule has 0 amide bonds. The van der Waals surface area contributed by atoms with E-state index in [0.29, 0.717) is 18.4 Å². The van der Waals surface area contributed by atoms with Crippen LogP contribution in [0.25, 0.3) is 5.82 Å². The van der Waals surface area contributed by atoms with E-state index in [1.807, 2.05) is 22.9 Å². The molecule has 0 unspecified atom stereocenters. The molecule has 6 heteroatoms. The molecule has 0 saturated heterocycles.